The molecule has 0 aliphatic rings. The van der Waals surface area contributed by atoms with E-state index in [0.717, 1.165) is 28.2 Å². The third-order valence-corrected chi connectivity index (χ3v) is 4.04. The summed E-state index contributed by atoms with van der Waals surface area (Å²) < 4.78 is 28.4. The maximum Gasteiger partial charge on any atom is 0.308 e. The van der Waals surface area contributed by atoms with Gasteiger partial charge in [-0.2, -0.15) is 0 Å². The Hall–Kier alpha value is -2.54. The van der Waals surface area contributed by atoms with Gasteiger partial charge in [-0.25, -0.2) is 8.78 Å². The summed E-state index contributed by atoms with van der Waals surface area (Å²) in [7, 11) is 0. The molecule has 4 nitrogen and oxygen atoms in total. The van der Waals surface area contributed by atoms with Crippen molar-refractivity contribution in [3.63, 3.8) is 0 Å². The minimum Gasteiger partial charge on any atom is -0.322 e. The predicted molar refractivity (Wildman–Crippen MR) is 81.1 cm³/mol. The Kier molecular flexibility index (Phi) is 3.72. The van der Waals surface area contributed by atoms with Crippen LogP contribution < -0.4 is 10.2 Å². The zero-order valence-electron chi connectivity index (χ0n) is 11.2. The number of para-hydroxylation sites is 1. The summed E-state index contributed by atoms with van der Waals surface area (Å²) in [5.41, 5.74) is 0.520. The van der Waals surface area contributed by atoms with Crippen molar-refractivity contribution in [2.75, 3.05) is 5.32 Å². The standard InChI is InChI=1S/C15H10F2N2O2S/c16-9-5-6-11(10(17)7-9)18-14(20)8-19-12-3-1-2-4-13(12)22-15(19)21/h1-7H,8H2,(H,18,20). The van der Waals surface area contributed by atoms with Crippen LogP contribution in [0, 0.1) is 11.6 Å². The minimum absolute atomic E-state index is 0.126. The first-order valence-corrected chi connectivity index (χ1v) is 7.19. The van der Waals surface area contributed by atoms with Gasteiger partial charge in [0.1, 0.15) is 18.2 Å². The number of fused-ring (bicyclic) bond motifs is 1. The Labute approximate surface area is 127 Å². The first-order valence-electron chi connectivity index (χ1n) is 6.38. The van der Waals surface area contributed by atoms with Crippen molar-refractivity contribution in [2.24, 2.45) is 0 Å². The van der Waals surface area contributed by atoms with E-state index in [0.29, 0.717) is 11.6 Å². The van der Waals surface area contributed by atoms with Gasteiger partial charge in [-0.15, -0.1) is 0 Å². The number of carbonyl (C=O) groups excluding carboxylic acids is 1. The van der Waals surface area contributed by atoms with E-state index in [4.69, 9.17) is 0 Å². The molecule has 0 bridgehead atoms. The molecule has 3 rings (SSSR count). The van der Waals surface area contributed by atoms with E-state index in [-0.39, 0.29) is 17.1 Å². The maximum absolute atomic E-state index is 13.5. The fourth-order valence-corrected chi connectivity index (χ4v) is 2.98. The molecule has 0 saturated carbocycles. The number of rotatable bonds is 3. The van der Waals surface area contributed by atoms with Gasteiger partial charge in [0.25, 0.3) is 0 Å². The van der Waals surface area contributed by atoms with Crippen LogP contribution in [0.5, 0.6) is 0 Å². The van der Waals surface area contributed by atoms with Gasteiger partial charge >= 0.3 is 4.87 Å². The summed E-state index contributed by atoms with van der Waals surface area (Å²) in [6.07, 6.45) is 0. The highest BCUT2D eigenvalue weighted by Gasteiger charge is 2.12. The highest BCUT2D eigenvalue weighted by Crippen LogP contribution is 2.17. The molecule has 0 spiro atoms. The fourth-order valence-electron chi connectivity index (χ4n) is 2.09. The van der Waals surface area contributed by atoms with Crippen LogP contribution >= 0.6 is 11.3 Å². The minimum atomic E-state index is -0.865. The maximum atomic E-state index is 13.5. The molecule has 1 heterocycles. The molecule has 0 radical (unpaired) electrons. The molecule has 2 aromatic carbocycles. The van der Waals surface area contributed by atoms with E-state index in [1.165, 1.54) is 4.57 Å². The van der Waals surface area contributed by atoms with Crippen molar-refractivity contribution in [3.05, 3.63) is 63.8 Å². The smallest absolute Gasteiger partial charge is 0.308 e. The number of amides is 1. The second kappa shape index (κ2) is 5.69. The Balaban J connectivity index is 1.84. The van der Waals surface area contributed by atoms with Crippen LogP contribution in [0.2, 0.25) is 0 Å². The van der Waals surface area contributed by atoms with Crippen LogP contribution in [0.15, 0.2) is 47.3 Å². The molecule has 1 aromatic heterocycles. The zero-order valence-corrected chi connectivity index (χ0v) is 12.0. The van der Waals surface area contributed by atoms with Crippen molar-refractivity contribution in [1.29, 1.82) is 0 Å². The van der Waals surface area contributed by atoms with Crippen LogP contribution in [0.1, 0.15) is 0 Å². The van der Waals surface area contributed by atoms with Gasteiger partial charge < -0.3 is 5.32 Å². The third-order valence-electron chi connectivity index (χ3n) is 3.08. The van der Waals surface area contributed by atoms with Crippen LogP contribution in [-0.2, 0) is 11.3 Å². The molecule has 0 fully saturated rings. The number of hydrogen-bond acceptors (Lipinski definition) is 3. The number of anilines is 1. The fraction of sp³-hybridized carbons (Fsp3) is 0.0667. The summed E-state index contributed by atoms with van der Waals surface area (Å²) in [5.74, 6) is -2.15. The van der Waals surface area contributed by atoms with E-state index in [9.17, 15) is 18.4 Å². The summed E-state index contributed by atoms with van der Waals surface area (Å²) in [6.45, 7) is -0.236. The van der Waals surface area contributed by atoms with Crippen molar-refractivity contribution in [2.45, 2.75) is 6.54 Å². The molecule has 22 heavy (non-hydrogen) atoms. The quantitative estimate of drug-likeness (QED) is 0.806. The molecule has 0 aliphatic heterocycles. The molecule has 7 heteroatoms. The molecular weight excluding hydrogens is 310 g/mol. The van der Waals surface area contributed by atoms with Crippen LogP contribution in [0.25, 0.3) is 10.2 Å². The number of nitrogens with one attached hydrogen (secondary N) is 1. The van der Waals surface area contributed by atoms with E-state index in [1.807, 2.05) is 0 Å². The lowest BCUT2D eigenvalue weighted by atomic mass is 10.3. The average molecular weight is 320 g/mol. The second-order valence-electron chi connectivity index (χ2n) is 4.59. The topological polar surface area (TPSA) is 51.1 Å². The van der Waals surface area contributed by atoms with Gasteiger partial charge in [0.2, 0.25) is 5.91 Å². The van der Waals surface area contributed by atoms with Gasteiger partial charge in [0.15, 0.2) is 0 Å². The zero-order chi connectivity index (χ0) is 15.7. The van der Waals surface area contributed by atoms with Crippen molar-refractivity contribution >= 4 is 33.1 Å². The lowest BCUT2D eigenvalue weighted by Gasteiger charge is -2.07. The molecule has 112 valence electrons. The highest BCUT2D eigenvalue weighted by molar-refractivity contribution is 7.16. The molecule has 3 aromatic rings. The summed E-state index contributed by atoms with van der Waals surface area (Å²) >= 11 is 1.04. The Morgan fingerprint density at radius 2 is 1.95 bits per heavy atom. The molecule has 0 aliphatic carbocycles. The average Bonchev–Trinajstić information content (AvgIpc) is 2.78. The van der Waals surface area contributed by atoms with Crippen LogP contribution in [0.3, 0.4) is 0 Å². The Bertz CT molecular complexity index is 917. The number of hydrogen-bond donors (Lipinski definition) is 1. The molecule has 0 atom stereocenters. The van der Waals surface area contributed by atoms with Crippen LogP contribution in [0.4, 0.5) is 14.5 Å². The van der Waals surface area contributed by atoms with E-state index in [2.05, 4.69) is 5.32 Å². The van der Waals surface area contributed by atoms with Crippen molar-refractivity contribution in [3.8, 4) is 0 Å². The number of benzene rings is 2. The number of nitrogens with zero attached hydrogens (tertiary/aromatic N) is 1. The van der Waals surface area contributed by atoms with Crippen LogP contribution in [-0.4, -0.2) is 10.5 Å². The van der Waals surface area contributed by atoms with Gasteiger partial charge in [-0.3, -0.25) is 14.2 Å². The van der Waals surface area contributed by atoms with E-state index in [1.54, 1.807) is 24.3 Å². The van der Waals surface area contributed by atoms with E-state index >= 15 is 0 Å². The highest BCUT2D eigenvalue weighted by atomic mass is 32.1. The largest absolute Gasteiger partial charge is 0.322 e. The first kappa shape index (κ1) is 14.4. The lowest BCUT2D eigenvalue weighted by Crippen LogP contribution is -2.24. The second-order valence-corrected chi connectivity index (χ2v) is 5.59. The van der Waals surface area contributed by atoms with Gasteiger partial charge in [0.05, 0.1) is 15.9 Å². The van der Waals surface area contributed by atoms with Gasteiger partial charge in [-0.1, -0.05) is 23.5 Å². The molecular formula is C15H10F2N2O2S. The summed E-state index contributed by atoms with van der Waals surface area (Å²) in [5, 5.41) is 2.33. The monoisotopic (exact) mass is 320 g/mol. The van der Waals surface area contributed by atoms with Gasteiger partial charge in [-0.05, 0) is 24.3 Å². The SMILES string of the molecule is O=C(Cn1c(=O)sc2ccccc21)Nc1ccc(F)cc1F. The Morgan fingerprint density at radius 1 is 1.18 bits per heavy atom. The molecule has 0 saturated heterocycles. The van der Waals surface area contributed by atoms with E-state index < -0.39 is 17.5 Å². The predicted octanol–water partition coefficient (Wildman–Crippen LogP) is 2.98. The number of aromatic nitrogens is 1. The molecule has 0 unspecified atom stereocenters. The third kappa shape index (κ3) is 2.75. The normalized spacial score (nSPS) is 10.8. The van der Waals surface area contributed by atoms with Crippen molar-refractivity contribution in [1.82, 2.24) is 4.57 Å². The molecule has 1 N–H and O–H groups in total. The summed E-state index contributed by atoms with van der Waals surface area (Å²) in [4.78, 5) is 23.6. The van der Waals surface area contributed by atoms with Crippen molar-refractivity contribution < 1.29 is 13.6 Å². The number of halogens is 2. The Morgan fingerprint density at radius 3 is 2.73 bits per heavy atom. The number of carbonyl (C=O) groups is 1. The first-order chi connectivity index (χ1) is 10.5. The van der Waals surface area contributed by atoms with Gasteiger partial charge in [0, 0.05) is 6.07 Å². The lowest BCUT2D eigenvalue weighted by molar-refractivity contribution is -0.116. The number of thiazole rings is 1. The molecule has 1 amide bonds. The summed E-state index contributed by atoms with van der Waals surface area (Å²) in [6, 6.07) is 9.96.